The molecule has 2 heterocycles. The number of rotatable bonds is 3. The fourth-order valence-corrected chi connectivity index (χ4v) is 2.99. The minimum Gasteiger partial charge on any atom is -0.249 e. The van der Waals surface area contributed by atoms with Crippen molar-refractivity contribution >= 4 is 10.9 Å². The highest BCUT2D eigenvalue weighted by Gasteiger charge is 2.09. The SMILES string of the molecule is Cc1cccc(Cc2nc(-c3ncc4ccccc4n3)ccc2C)c1. The van der Waals surface area contributed by atoms with Crippen LogP contribution in [0.1, 0.15) is 22.4 Å². The number of pyridine rings is 1. The molecule has 25 heavy (non-hydrogen) atoms. The normalized spacial score (nSPS) is 11.0. The van der Waals surface area contributed by atoms with Crippen molar-refractivity contribution < 1.29 is 0 Å². The van der Waals surface area contributed by atoms with Crippen molar-refractivity contribution in [3.05, 3.63) is 89.2 Å². The zero-order valence-electron chi connectivity index (χ0n) is 14.4. The maximum absolute atomic E-state index is 4.85. The molecule has 0 amide bonds. The van der Waals surface area contributed by atoms with Crippen LogP contribution in [0, 0.1) is 13.8 Å². The average Bonchev–Trinajstić information content (AvgIpc) is 2.63. The van der Waals surface area contributed by atoms with Gasteiger partial charge < -0.3 is 0 Å². The van der Waals surface area contributed by atoms with Gasteiger partial charge in [-0.05, 0) is 37.1 Å². The Bertz CT molecular complexity index is 1050. The van der Waals surface area contributed by atoms with Gasteiger partial charge in [-0.15, -0.1) is 0 Å². The Balaban J connectivity index is 1.73. The van der Waals surface area contributed by atoms with Crippen molar-refractivity contribution in [3.63, 3.8) is 0 Å². The second-order valence-electron chi connectivity index (χ2n) is 6.38. The number of hydrogen-bond acceptors (Lipinski definition) is 3. The van der Waals surface area contributed by atoms with Crippen LogP contribution in [0.15, 0.2) is 66.9 Å². The lowest BCUT2D eigenvalue weighted by Gasteiger charge is -2.09. The highest BCUT2D eigenvalue weighted by Crippen LogP contribution is 2.20. The average molecular weight is 325 g/mol. The number of hydrogen-bond donors (Lipinski definition) is 0. The Labute approximate surface area is 147 Å². The molecule has 0 fully saturated rings. The minimum atomic E-state index is 0.671. The van der Waals surface area contributed by atoms with Gasteiger partial charge in [-0.1, -0.05) is 54.1 Å². The quantitative estimate of drug-likeness (QED) is 0.538. The summed E-state index contributed by atoms with van der Waals surface area (Å²) in [6.07, 6.45) is 2.67. The summed E-state index contributed by atoms with van der Waals surface area (Å²) < 4.78 is 0. The van der Waals surface area contributed by atoms with Crippen molar-refractivity contribution in [3.8, 4) is 11.5 Å². The van der Waals surface area contributed by atoms with Gasteiger partial charge in [0.25, 0.3) is 0 Å². The second kappa shape index (κ2) is 6.44. The third-order valence-corrected chi connectivity index (χ3v) is 4.37. The smallest absolute Gasteiger partial charge is 0.178 e. The summed E-state index contributed by atoms with van der Waals surface area (Å²) in [5.74, 6) is 0.671. The van der Waals surface area contributed by atoms with E-state index < -0.39 is 0 Å². The van der Waals surface area contributed by atoms with Gasteiger partial charge in [0, 0.05) is 23.7 Å². The Kier molecular flexibility index (Phi) is 3.98. The monoisotopic (exact) mass is 325 g/mol. The molecule has 0 N–H and O–H groups in total. The lowest BCUT2D eigenvalue weighted by atomic mass is 10.0. The summed E-state index contributed by atoms with van der Waals surface area (Å²) in [4.78, 5) is 14.0. The van der Waals surface area contributed by atoms with Gasteiger partial charge in [0.2, 0.25) is 0 Å². The largest absolute Gasteiger partial charge is 0.249 e. The van der Waals surface area contributed by atoms with E-state index in [1.54, 1.807) is 0 Å². The molecular formula is C22H19N3. The molecule has 0 spiro atoms. The van der Waals surface area contributed by atoms with Gasteiger partial charge in [0.15, 0.2) is 5.82 Å². The second-order valence-corrected chi connectivity index (χ2v) is 6.38. The highest BCUT2D eigenvalue weighted by atomic mass is 14.9. The summed E-state index contributed by atoms with van der Waals surface area (Å²) in [6.45, 7) is 4.21. The summed E-state index contributed by atoms with van der Waals surface area (Å²) in [7, 11) is 0. The van der Waals surface area contributed by atoms with E-state index >= 15 is 0 Å². The van der Waals surface area contributed by atoms with Crippen molar-refractivity contribution in [1.82, 2.24) is 15.0 Å². The van der Waals surface area contributed by atoms with Crippen molar-refractivity contribution in [2.45, 2.75) is 20.3 Å². The van der Waals surface area contributed by atoms with Crippen molar-refractivity contribution in [2.75, 3.05) is 0 Å². The molecule has 0 aliphatic carbocycles. The van der Waals surface area contributed by atoms with E-state index in [0.717, 1.165) is 28.7 Å². The van der Waals surface area contributed by atoms with Gasteiger partial charge in [-0.25, -0.2) is 15.0 Å². The fraction of sp³-hybridized carbons (Fsp3) is 0.136. The Morgan fingerprint density at radius 3 is 2.60 bits per heavy atom. The van der Waals surface area contributed by atoms with Crippen LogP contribution in [-0.4, -0.2) is 15.0 Å². The molecule has 0 unspecified atom stereocenters. The molecule has 0 bridgehead atoms. The Morgan fingerprint density at radius 2 is 1.72 bits per heavy atom. The maximum Gasteiger partial charge on any atom is 0.178 e. The van der Waals surface area contributed by atoms with Gasteiger partial charge in [0.1, 0.15) is 5.69 Å². The van der Waals surface area contributed by atoms with Crippen LogP contribution in [0.3, 0.4) is 0 Å². The van der Waals surface area contributed by atoms with E-state index in [4.69, 9.17) is 4.98 Å². The first-order valence-corrected chi connectivity index (χ1v) is 8.43. The van der Waals surface area contributed by atoms with E-state index in [2.05, 4.69) is 54.1 Å². The van der Waals surface area contributed by atoms with E-state index in [0.29, 0.717) is 5.82 Å². The topological polar surface area (TPSA) is 38.7 Å². The Morgan fingerprint density at radius 1 is 0.840 bits per heavy atom. The Hall–Kier alpha value is -3.07. The first-order chi connectivity index (χ1) is 12.2. The number of benzene rings is 2. The molecular weight excluding hydrogens is 306 g/mol. The standard InChI is InChI=1S/C22H19N3/c1-15-6-5-7-17(12-15)13-21-16(2)10-11-20(24-21)22-23-14-18-8-3-4-9-19(18)25-22/h3-12,14H,13H2,1-2H3. The maximum atomic E-state index is 4.85. The van der Waals surface area contributed by atoms with E-state index in [1.807, 2.05) is 36.5 Å². The highest BCUT2D eigenvalue weighted by molar-refractivity contribution is 5.79. The first-order valence-electron chi connectivity index (χ1n) is 8.43. The number of fused-ring (bicyclic) bond motifs is 1. The molecule has 0 saturated heterocycles. The summed E-state index contributed by atoms with van der Waals surface area (Å²) in [5.41, 5.74) is 6.55. The third-order valence-electron chi connectivity index (χ3n) is 4.37. The molecule has 3 nitrogen and oxygen atoms in total. The predicted octanol–water partition coefficient (Wildman–Crippen LogP) is 4.90. The van der Waals surface area contributed by atoms with Crippen LogP contribution in [0.2, 0.25) is 0 Å². The molecule has 0 aliphatic heterocycles. The van der Waals surface area contributed by atoms with Crippen molar-refractivity contribution in [1.29, 1.82) is 0 Å². The molecule has 0 aliphatic rings. The lowest BCUT2D eigenvalue weighted by molar-refractivity contribution is 1.03. The fourth-order valence-electron chi connectivity index (χ4n) is 2.99. The first kappa shape index (κ1) is 15.5. The van der Waals surface area contributed by atoms with Gasteiger partial charge in [-0.2, -0.15) is 0 Å². The number of para-hydroxylation sites is 1. The molecule has 4 aromatic rings. The number of aryl methyl sites for hydroxylation is 2. The zero-order valence-corrected chi connectivity index (χ0v) is 14.4. The van der Waals surface area contributed by atoms with E-state index in [-0.39, 0.29) is 0 Å². The van der Waals surface area contributed by atoms with Gasteiger partial charge in [0.05, 0.1) is 5.52 Å². The van der Waals surface area contributed by atoms with Crippen LogP contribution >= 0.6 is 0 Å². The number of nitrogens with zero attached hydrogens (tertiary/aromatic N) is 3. The number of aromatic nitrogens is 3. The van der Waals surface area contributed by atoms with Gasteiger partial charge in [-0.3, -0.25) is 0 Å². The molecule has 2 aromatic heterocycles. The lowest BCUT2D eigenvalue weighted by Crippen LogP contribution is -2.00. The molecule has 0 radical (unpaired) electrons. The van der Waals surface area contributed by atoms with Crippen LogP contribution < -0.4 is 0 Å². The summed E-state index contributed by atoms with van der Waals surface area (Å²) >= 11 is 0. The van der Waals surface area contributed by atoms with Crippen LogP contribution in [-0.2, 0) is 6.42 Å². The summed E-state index contributed by atoms with van der Waals surface area (Å²) in [6, 6.07) is 20.7. The predicted molar refractivity (Wildman–Crippen MR) is 101 cm³/mol. The molecule has 122 valence electrons. The third kappa shape index (κ3) is 3.26. The van der Waals surface area contributed by atoms with Crippen LogP contribution in [0.25, 0.3) is 22.4 Å². The summed E-state index contributed by atoms with van der Waals surface area (Å²) in [5, 5.41) is 1.04. The molecule has 2 aromatic carbocycles. The molecule has 0 atom stereocenters. The van der Waals surface area contributed by atoms with Gasteiger partial charge >= 0.3 is 0 Å². The molecule has 4 rings (SSSR count). The minimum absolute atomic E-state index is 0.671. The van der Waals surface area contributed by atoms with Crippen LogP contribution in [0.5, 0.6) is 0 Å². The molecule has 3 heteroatoms. The molecule has 0 saturated carbocycles. The van der Waals surface area contributed by atoms with E-state index in [9.17, 15) is 0 Å². The van der Waals surface area contributed by atoms with E-state index in [1.165, 1.54) is 16.7 Å². The van der Waals surface area contributed by atoms with Crippen molar-refractivity contribution in [2.24, 2.45) is 0 Å². The van der Waals surface area contributed by atoms with Crippen LogP contribution in [0.4, 0.5) is 0 Å². The zero-order chi connectivity index (χ0) is 17.2.